The Kier molecular flexibility index (Phi) is 9.56. The van der Waals surface area contributed by atoms with Crippen LogP contribution in [0.2, 0.25) is 0 Å². The number of urea groups is 1. The monoisotopic (exact) mass is 560 g/mol. The molecule has 0 radical (unpaired) electrons. The van der Waals surface area contributed by atoms with Crippen LogP contribution in [0.25, 0.3) is 0 Å². The highest BCUT2D eigenvalue weighted by Crippen LogP contribution is 2.43. The Balaban J connectivity index is 0.000000219. The van der Waals surface area contributed by atoms with Crippen LogP contribution in [0.5, 0.6) is 0 Å². The van der Waals surface area contributed by atoms with E-state index >= 15 is 0 Å². The molecule has 4 atom stereocenters. The van der Waals surface area contributed by atoms with E-state index in [1.807, 2.05) is 11.9 Å². The van der Waals surface area contributed by atoms with Gasteiger partial charge in [-0.15, -0.1) is 0 Å². The van der Waals surface area contributed by atoms with E-state index in [0.717, 1.165) is 38.8 Å². The van der Waals surface area contributed by atoms with Crippen LogP contribution >= 0.6 is 0 Å². The molecule has 4 rings (SSSR count). The Morgan fingerprint density at radius 1 is 1.08 bits per heavy atom. The Morgan fingerprint density at radius 3 is 2.18 bits per heavy atom. The first kappa shape index (κ1) is 30.7. The van der Waals surface area contributed by atoms with Gasteiger partial charge >= 0.3 is 18.4 Å². The van der Waals surface area contributed by atoms with Gasteiger partial charge in [0, 0.05) is 26.7 Å². The molecule has 0 saturated carbocycles. The molecule has 2 aromatic carbocycles. The maximum absolute atomic E-state index is 12.5. The number of nitrogens with zero attached hydrogens (tertiary/aromatic N) is 2. The number of fused-ring (bicyclic) bond motifs is 2. The van der Waals surface area contributed by atoms with Crippen LogP contribution in [0.1, 0.15) is 67.0 Å². The van der Waals surface area contributed by atoms with Crippen molar-refractivity contribution in [3.05, 3.63) is 70.8 Å². The number of carbonyl (C=O) groups excluding carboxylic acids is 1. The van der Waals surface area contributed by atoms with Crippen LogP contribution in [0.4, 0.5) is 31.1 Å². The van der Waals surface area contributed by atoms with E-state index in [-0.39, 0.29) is 23.2 Å². The molecular weight excluding hydrogens is 526 g/mol. The minimum Gasteiger partial charge on any atom is -0.377 e. The SMILES string of the molecule is CN(C(=O)NN)[C@]12CCCN(C1)[C@H](c1ccccc1)CC2.CO[C@H](C)c1cc(C(F)(F)F)cc(C(F)(F)F)c1. The van der Waals surface area contributed by atoms with Gasteiger partial charge in [0.1, 0.15) is 0 Å². The number of methoxy groups -OCH3 is 1. The second-order valence-electron chi connectivity index (χ2n) is 9.99. The summed E-state index contributed by atoms with van der Waals surface area (Å²) in [4.78, 5) is 16.3. The number of ether oxygens (including phenoxy) is 1. The number of nitrogens with one attached hydrogen (secondary N) is 1. The normalized spacial score (nSPS) is 23.7. The number of hydrogen-bond acceptors (Lipinski definition) is 4. The predicted octanol–water partition coefficient (Wildman–Crippen LogP) is 6.30. The molecule has 2 fully saturated rings. The molecule has 2 amide bonds. The fourth-order valence-electron chi connectivity index (χ4n) is 5.36. The lowest BCUT2D eigenvalue weighted by Crippen LogP contribution is -2.64. The van der Waals surface area contributed by atoms with Crippen molar-refractivity contribution in [2.75, 3.05) is 27.2 Å². The van der Waals surface area contributed by atoms with Crippen LogP contribution in [-0.2, 0) is 17.1 Å². The van der Waals surface area contributed by atoms with E-state index in [4.69, 9.17) is 10.6 Å². The van der Waals surface area contributed by atoms with Crippen molar-refractivity contribution in [2.24, 2.45) is 5.84 Å². The van der Waals surface area contributed by atoms with Gasteiger partial charge in [0.05, 0.1) is 22.8 Å². The number of likely N-dealkylation sites (N-methyl/N-ethyl adjacent to an activating group) is 1. The van der Waals surface area contributed by atoms with Gasteiger partial charge in [-0.25, -0.2) is 10.6 Å². The maximum Gasteiger partial charge on any atom is 0.416 e. The molecule has 2 aliphatic rings. The quantitative estimate of drug-likeness (QED) is 0.199. The number of hydrogen-bond donors (Lipinski definition) is 2. The average Bonchev–Trinajstić information content (AvgIpc) is 2.91. The third kappa shape index (κ3) is 7.23. The zero-order valence-corrected chi connectivity index (χ0v) is 22.1. The summed E-state index contributed by atoms with van der Waals surface area (Å²) in [7, 11) is 3.08. The highest BCUT2D eigenvalue weighted by atomic mass is 19.4. The number of nitrogens with two attached hydrogens (primary N) is 1. The molecule has 2 bridgehead atoms. The van der Waals surface area contributed by atoms with Crippen molar-refractivity contribution in [1.82, 2.24) is 15.2 Å². The molecule has 0 aromatic heterocycles. The molecule has 1 unspecified atom stereocenters. The van der Waals surface area contributed by atoms with Crippen molar-refractivity contribution in [1.29, 1.82) is 0 Å². The molecule has 0 spiro atoms. The smallest absolute Gasteiger partial charge is 0.377 e. The first-order valence-electron chi connectivity index (χ1n) is 12.6. The first-order valence-corrected chi connectivity index (χ1v) is 12.6. The summed E-state index contributed by atoms with van der Waals surface area (Å²) in [6.45, 7) is 3.42. The first-order chi connectivity index (χ1) is 18.2. The summed E-state index contributed by atoms with van der Waals surface area (Å²) in [5, 5.41) is 0. The molecule has 3 N–H and O–H groups in total. The van der Waals surface area contributed by atoms with Crippen molar-refractivity contribution in [2.45, 2.75) is 62.6 Å². The Hall–Kier alpha value is -2.83. The highest BCUT2D eigenvalue weighted by molar-refractivity contribution is 5.74. The Labute approximate surface area is 224 Å². The summed E-state index contributed by atoms with van der Waals surface area (Å²) in [5.41, 5.74) is 0.756. The Bertz CT molecular complexity index is 1080. The van der Waals surface area contributed by atoms with Gasteiger partial charge in [0.25, 0.3) is 0 Å². The molecule has 6 nitrogen and oxygen atoms in total. The van der Waals surface area contributed by atoms with E-state index in [1.165, 1.54) is 19.6 Å². The molecule has 2 saturated heterocycles. The topological polar surface area (TPSA) is 70.8 Å². The number of benzene rings is 2. The van der Waals surface area contributed by atoms with Crippen LogP contribution in [-0.4, -0.2) is 48.6 Å². The molecule has 2 heterocycles. The predicted molar refractivity (Wildman–Crippen MR) is 134 cm³/mol. The summed E-state index contributed by atoms with van der Waals surface area (Å²) < 4.78 is 79.7. The largest absolute Gasteiger partial charge is 0.416 e. The molecule has 39 heavy (non-hydrogen) atoms. The second kappa shape index (κ2) is 12.1. The van der Waals surface area contributed by atoms with Gasteiger partial charge in [-0.05, 0) is 68.5 Å². The zero-order chi connectivity index (χ0) is 29.0. The van der Waals surface area contributed by atoms with Gasteiger partial charge in [-0.1, -0.05) is 30.3 Å². The van der Waals surface area contributed by atoms with Crippen LogP contribution in [0, 0.1) is 0 Å². The minimum atomic E-state index is -4.83. The van der Waals surface area contributed by atoms with Gasteiger partial charge in [-0.3, -0.25) is 10.3 Å². The summed E-state index contributed by atoms with van der Waals surface area (Å²) in [5.74, 6) is 5.31. The summed E-state index contributed by atoms with van der Waals surface area (Å²) >= 11 is 0. The number of carbonyl (C=O) groups is 1. The van der Waals surface area contributed by atoms with E-state index in [9.17, 15) is 31.1 Å². The van der Waals surface area contributed by atoms with E-state index in [1.54, 1.807) is 0 Å². The molecule has 216 valence electrons. The zero-order valence-electron chi connectivity index (χ0n) is 22.1. The van der Waals surface area contributed by atoms with E-state index < -0.39 is 29.6 Å². The van der Waals surface area contributed by atoms with Crippen molar-refractivity contribution >= 4 is 6.03 Å². The number of rotatable bonds is 4. The molecule has 2 aliphatic heterocycles. The maximum atomic E-state index is 12.5. The fourth-order valence-corrected chi connectivity index (χ4v) is 5.36. The van der Waals surface area contributed by atoms with Gasteiger partial charge < -0.3 is 9.64 Å². The van der Waals surface area contributed by atoms with Crippen molar-refractivity contribution in [3.8, 4) is 0 Å². The van der Waals surface area contributed by atoms with Gasteiger partial charge in [0.2, 0.25) is 0 Å². The average molecular weight is 561 g/mol. The summed E-state index contributed by atoms with van der Waals surface area (Å²) in [6, 6.07) is 12.4. The molecular formula is C27H34F6N4O2. The Morgan fingerprint density at radius 2 is 1.67 bits per heavy atom. The lowest BCUT2D eigenvalue weighted by Gasteiger charge is -2.54. The van der Waals surface area contributed by atoms with E-state index in [0.29, 0.717) is 18.2 Å². The number of hydrazine groups is 1. The van der Waals surface area contributed by atoms with Crippen molar-refractivity contribution in [3.63, 3.8) is 0 Å². The third-order valence-electron chi connectivity index (χ3n) is 7.67. The van der Waals surface area contributed by atoms with Crippen LogP contribution in [0.3, 0.4) is 0 Å². The lowest BCUT2D eigenvalue weighted by molar-refractivity contribution is -0.143. The third-order valence-corrected chi connectivity index (χ3v) is 7.67. The number of piperidine rings is 2. The molecule has 0 aliphatic carbocycles. The number of amides is 2. The minimum absolute atomic E-state index is 0.0625. The van der Waals surface area contributed by atoms with Gasteiger partial charge in [0.15, 0.2) is 0 Å². The van der Waals surface area contributed by atoms with E-state index in [2.05, 4.69) is 40.7 Å². The summed E-state index contributed by atoms with van der Waals surface area (Å²) in [6.07, 6.45) is -6.19. The number of alkyl halides is 6. The second-order valence-corrected chi connectivity index (χ2v) is 9.99. The molecule has 12 heteroatoms. The number of halogens is 6. The van der Waals surface area contributed by atoms with Crippen LogP contribution < -0.4 is 11.3 Å². The lowest BCUT2D eigenvalue weighted by atomic mass is 9.76. The van der Waals surface area contributed by atoms with Crippen LogP contribution in [0.15, 0.2) is 48.5 Å². The van der Waals surface area contributed by atoms with Gasteiger partial charge in [-0.2, -0.15) is 26.3 Å². The molecule has 2 aromatic rings. The highest BCUT2D eigenvalue weighted by Gasteiger charge is 2.46. The fraction of sp³-hybridized carbons (Fsp3) is 0.519. The standard InChI is InChI=1S/C16H24N4O.C11H10F6O/c1-19(15(21)18-17)16-9-5-11-20(12-16)14(8-10-16)13-6-3-2-4-7-13;1-6(18-2)7-3-8(10(12,13)14)5-9(4-7)11(15,16)17/h2-4,6-7,14H,5,8-12,17H2,1H3,(H,18,21);3-6H,1-2H3/t14-,16-;6-/m01/s1. The van der Waals surface area contributed by atoms with Crippen molar-refractivity contribution < 1.29 is 35.9 Å².